The minimum atomic E-state index is 0.317. The van der Waals surface area contributed by atoms with Crippen molar-refractivity contribution in [3.8, 4) is 5.75 Å². The smallest absolute Gasteiger partial charge is 0.121 e. The molecule has 0 saturated carbocycles. The maximum atomic E-state index is 10.1. The normalized spacial score (nSPS) is 11.2. The van der Waals surface area contributed by atoms with E-state index in [0.717, 1.165) is 27.4 Å². The molecule has 1 heterocycles. The highest BCUT2D eigenvalue weighted by Gasteiger charge is 2.12. The number of rotatable bonds is 2. The van der Waals surface area contributed by atoms with Gasteiger partial charge in [0.2, 0.25) is 0 Å². The third-order valence-corrected chi connectivity index (χ3v) is 3.87. The number of benzene rings is 2. The molecule has 0 amide bonds. The molecular weight excluding hydrogens is 270 g/mol. The highest BCUT2D eigenvalue weighted by atomic mass is 35.5. The molecule has 3 heteroatoms. The number of aromatic nitrogens is 1. The van der Waals surface area contributed by atoms with Gasteiger partial charge >= 0.3 is 0 Å². The Bertz CT molecular complexity index is 826. The van der Waals surface area contributed by atoms with Crippen molar-refractivity contribution in [2.24, 2.45) is 0 Å². The van der Waals surface area contributed by atoms with Gasteiger partial charge in [0.1, 0.15) is 5.75 Å². The Morgan fingerprint density at radius 1 is 1.15 bits per heavy atom. The monoisotopic (exact) mass is 285 g/mol. The van der Waals surface area contributed by atoms with Crippen molar-refractivity contribution in [2.75, 3.05) is 0 Å². The van der Waals surface area contributed by atoms with Crippen molar-refractivity contribution in [3.05, 3.63) is 52.6 Å². The minimum Gasteiger partial charge on any atom is -0.508 e. The average molecular weight is 286 g/mol. The molecule has 2 aromatic carbocycles. The third-order valence-electron chi connectivity index (χ3n) is 3.56. The number of allylic oxidation sites excluding steroid dienone is 2. The first-order valence-corrected chi connectivity index (χ1v) is 7.00. The molecule has 0 aliphatic rings. The molecule has 2 nitrogen and oxygen atoms in total. The van der Waals surface area contributed by atoms with Crippen molar-refractivity contribution < 1.29 is 5.11 Å². The van der Waals surface area contributed by atoms with Gasteiger partial charge in [-0.1, -0.05) is 35.4 Å². The van der Waals surface area contributed by atoms with Gasteiger partial charge in [0, 0.05) is 16.3 Å². The number of hydrogen-bond acceptors (Lipinski definition) is 1. The van der Waals surface area contributed by atoms with Gasteiger partial charge in [-0.3, -0.25) is 0 Å². The number of phenols is 1. The van der Waals surface area contributed by atoms with E-state index in [4.69, 9.17) is 11.6 Å². The molecule has 0 atom stereocenters. The first-order valence-electron chi connectivity index (χ1n) is 6.62. The number of hydrogen-bond donors (Lipinski definition) is 2. The second kappa shape index (κ2) is 4.88. The summed E-state index contributed by atoms with van der Waals surface area (Å²) in [6.07, 6.45) is 2.82. The van der Waals surface area contributed by atoms with Crippen LogP contribution in [0.15, 0.2) is 42.0 Å². The van der Waals surface area contributed by atoms with Gasteiger partial charge in [0.05, 0.1) is 16.1 Å². The minimum absolute atomic E-state index is 0.317. The Balaban J connectivity index is 2.34. The molecule has 3 aromatic rings. The first-order chi connectivity index (χ1) is 9.58. The topological polar surface area (TPSA) is 36.0 Å². The molecular formula is C17H16ClNO. The Hall–Kier alpha value is -1.93. The molecule has 102 valence electrons. The SMILES string of the molecule is CC(C)=CCc1c(O)ccc2c1[nH]c1c(Cl)cccc12. The van der Waals surface area contributed by atoms with E-state index in [1.807, 2.05) is 24.3 Å². The number of nitrogens with one attached hydrogen (secondary N) is 1. The van der Waals surface area contributed by atoms with Crippen molar-refractivity contribution in [1.29, 1.82) is 0 Å². The van der Waals surface area contributed by atoms with E-state index in [0.29, 0.717) is 17.2 Å². The molecule has 2 N–H and O–H groups in total. The molecule has 0 aliphatic heterocycles. The second-order valence-corrected chi connectivity index (χ2v) is 5.67. The fourth-order valence-corrected chi connectivity index (χ4v) is 2.74. The number of fused-ring (bicyclic) bond motifs is 3. The van der Waals surface area contributed by atoms with Crippen LogP contribution in [0.5, 0.6) is 5.75 Å². The summed E-state index contributed by atoms with van der Waals surface area (Å²) in [6, 6.07) is 9.55. The summed E-state index contributed by atoms with van der Waals surface area (Å²) in [5.41, 5.74) is 4.03. The van der Waals surface area contributed by atoms with E-state index in [-0.39, 0.29) is 0 Å². The number of para-hydroxylation sites is 1. The van der Waals surface area contributed by atoms with Crippen molar-refractivity contribution in [3.63, 3.8) is 0 Å². The van der Waals surface area contributed by atoms with Crippen LogP contribution >= 0.6 is 11.6 Å². The molecule has 0 spiro atoms. The highest BCUT2D eigenvalue weighted by molar-refractivity contribution is 6.36. The standard InChI is InChI=1S/C17H16ClNO/c1-10(2)6-7-13-15(20)9-8-12-11-4-3-5-14(18)17(11)19-16(12)13/h3-6,8-9,19-20H,7H2,1-2H3. The van der Waals surface area contributed by atoms with E-state index in [1.54, 1.807) is 6.07 Å². The number of H-pyrrole nitrogens is 1. The number of aromatic hydroxyl groups is 1. The van der Waals surface area contributed by atoms with Crippen LogP contribution in [-0.2, 0) is 6.42 Å². The lowest BCUT2D eigenvalue weighted by atomic mass is 10.0. The summed E-state index contributed by atoms with van der Waals surface area (Å²) in [5.74, 6) is 0.317. The second-order valence-electron chi connectivity index (χ2n) is 5.26. The van der Waals surface area contributed by atoms with Gasteiger partial charge in [-0.25, -0.2) is 0 Å². The van der Waals surface area contributed by atoms with Crippen LogP contribution in [0.25, 0.3) is 21.8 Å². The van der Waals surface area contributed by atoms with E-state index >= 15 is 0 Å². The Morgan fingerprint density at radius 2 is 1.90 bits per heavy atom. The summed E-state index contributed by atoms with van der Waals surface area (Å²) >= 11 is 6.24. The summed E-state index contributed by atoms with van der Waals surface area (Å²) in [4.78, 5) is 3.36. The Morgan fingerprint density at radius 3 is 2.65 bits per heavy atom. The highest BCUT2D eigenvalue weighted by Crippen LogP contribution is 2.35. The molecule has 20 heavy (non-hydrogen) atoms. The lowest BCUT2D eigenvalue weighted by Crippen LogP contribution is -1.86. The largest absolute Gasteiger partial charge is 0.508 e. The molecule has 0 fully saturated rings. The average Bonchev–Trinajstić information content (AvgIpc) is 2.77. The van der Waals surface area contributed by atoms with Crippen LogP contribution in [0.2, 0.25) is 5.02 Å². The van der Waals surface area contributed by atoms with Crippen molar-refractivity contribution in [2.45, 2.75) is 20.3 Å². The van der Waals surface area contributed by atoms with Crippen LogP contribution in [0, 0.1) is 0 Å². The Kier molecular flexibility index (Phi) is 3.19. The zero-order chi connectivity index (χ0) is 14.3. The van der Waals surface area contributed by atoms with Crippen LogP contribution in [0.3, 0.4) is 0 Å². The lowest BCUT2D eigenvalue weighted by Gasteiger charge is -2.04. The molecule has 3 rings (SSSR count). The van der Waals surface area contributed by atoms with Gasteiger partial charge in [0.25, 0.3) is 0 Å². The maximum absolute atomic E-state index is 10.1. The van der Waals surface area contributed by atoms with Crippen LogP contribution in [0.4, 0.5) is 0 Å². The summed E-state index contributed by atoms with van der Waals surface area (Å²) in [6.45, 7) is 4.11. The molecule has 0 radical (unpaired) electrons. The Labute approximate surface area is 122 Å². The van der Waals surface area contributed by atoms with Crippen LogP contribution in [-0.4, -0.2) is 10.1 Å². The van der Waals surface area contributed by atoms with Crippen LogP contribution < -0.4 is 0 Å². The van der Waals surface area contributed by atoms with E-state index < -0.39 is 0 Å². The summed E-state index contributed by atoms with van der Waals surface area (Å²) in [5, 5.41) is 13.0. The third kappa shape index (κ3) is 2.06. The van der Waals surface area contributed by atoms with Gasteiger partial charge in [-0.15, -0.1) is 0 Å². The molecule has 0 unspecified atom stereocenters. The van der Waals surface area contributed by atoms with E-state index in [2.05, 4.69) is 24.9 Å². The zero-order valence-corrected chi connectivity index (χ0v) is 12.3. The molecule has 0 bridgehead atoms. The lowest BCUT2D eigenvalue weighted by molar-refractivity contribution is 0.471. The predicted molar refractivity (Wildman–Crippen MR) is 85.6 cm³/mol. The van der Waals surface area contributed by atoms with Crippen molar-refractivity contribution >= 4 is 33.4 Å². The molecule has 0 aliphatic carbocycles. The van der Waals surface area contributed by atoms with Gasteiger partial charge in [0.15, 0.2) is 0 Å². The fourth-order valence-electron chi connectivity index (χ4n) is 2.52. The van der Waals surface area contributed by atoms with E-state index in [9.17, 15) is 5.11 Å². The zero-order valence-electron chi connectivity index (χ0n) is 11.5. The maximum Gasteiger partial charge on any atom is 0.121 e. The molecule has 1 aromatic heterocycles. The number of aromatic amines is 1. The van der Waals surface area contributed by atoms with Crippen molar-refractivity contribution in [1.82, 2.24) is 4.98 Å². The summed E-state index contributed by atoms with van der Waals surface area (Å²) < 4.78 is 0. The fraction of sp³-hybridized carbons (Fsp3) is 0.176. The van der Waals surface area contributed by atoms with Crippen LogP contribution in [0.1, 0.15) is 19.4 Å². The first kappa shape index (κ1) is 13.1. The summed E-state index contributed by atoms with van der Waals surface area (Å²) in [7, 11) is 0. The number of phenolic OH excluding ortho intramolecular Hbond substituents is 1. The van der Waals surface area contributed by atoms with Gasteiger partial charge < -0.3 is 10.1 Å². The number of halogens is 1. The quantitative estimate of drug-likeness (QED) is 0.625. The van der Waals surface area contributed by atoms with Gasteiger partial charge in [-0.2, -0.15) is 0 Å². The van der Waals surface area contributed by atoms with E-state index in [1.165, 1.54) is 5.57 Å². The predicted octanol–water partition coefficient (Wildman–Crippen LogP) is 5.19. The molecule has 0 saturated heterocycles. The van der Waals surface area contributed by atoms with Gasteiger partial charge in [-0.05, 0) is 38.5 Å².